The molecule has 36 heavy (non-hydrogen) atoms. The van der Waals surface area contributed by atoms with Gasteiger partial charge in [-0.25, -0.2) is 9.78 Å². The minimum Gasteiger partial charge on any atom is -0.395 e. The molecular formula is C25H25F2N5O4. The Morgan fingerprint density at radius 1 is 1.00 bits per heavy atom. The Bertz CT molecular complexity index is 1250. The number of unbranched alkanes of at least 4 members (excludes halogenated alkanes) is 1. The van der Waals surface area contributed by atoms with Gasteiger partial charge >= 0.3 is 12.3 Å². The number of carbonyl (C=O) groups excluding carboxylic acids is 2. The van der Waals surface area contributed by atoms with Crippen molar-refractivity contribution in [1.82, 2.24) is 10.3 Å². The number of fused-ring (bicyclic) bond motifs is 1. The molecule has 2 heterocycles. The number of urea groups is 1. The van der Waals surface area contributed by atoms with E-state index in [1.807, 2.05) is 6.92 Å². The van der Waals surface area contributed by atoms with E-state index in [1.54, 1.807) is 42.6 Å². The van der Waals surface area contributed by atoms with E-state index in [0.29, 0.717) is 30.2 Å². The minimum absolute atomic E-state index is 0.107. The summed E-state index contributed by atoms with van der Waals surface area (Å²) in [6.45, 7) is 2.99. The summed E-state index contributed by atoms with van der Waals surface area (Å²) in [6.07, 6.45) is -0.277. The lowest BCUT2D eigenvalue weighted by molar-refractivity contribution is -0.286. The maximum atomic E-state index is 13.3. The molecule has 0 saturated carbocycles. The number of rotatable bonds is 9. The van der Waals surface area contributed by atoms with E-state index >= 15 is 0 Å². The largest absolute Gasteiger partial charge is 0.586 e. The number of benzene rings is 2. The molecule has 1 aromatic heterocycles. The standard InChI is InChI=1S/C25H25F2N5O4/c1-2-3-11-29-24(34)32-22-13-16(10-12-28-22)15-30-19-7-5-4-6-18(19)23(33)31-17-8-9-20-21(14-17)36-25(26,27)35-20/h4-10,12-14,30H,2-3,11,15H2,1H3,(H,31,33)(H2,28,29,32,34). The lowest BCUT2D eigenvalue weighted by Crippen LogP contribution is -2.29. The third-order valence-electron chi connectivity index (χ3n) is 5.20. The molecule has 4 rings (SSSR count). The van der Waals surface area contributed by atoms with Crippen molar-refractivity contribution in [2.45, 2.75) is 32.6 Å². The molecule has 1 aliphatic heterocycles. The molecule has 1 aliphatic rings. The van der Waals surface area contributed by atoms with Crippen LogP contribution in [0.1, 0.15) is 35.7 Å². The monoisotopic (exact) mass is 497 g/mol. The van der Waals surface area contributed by atoms with Crippen molar-refractivity contribution in [3.63, 3.8) is 0 Å². The third-order valence-corrected chi connectivity index (χ3v) is 5.20. The van der Waals surface area contributed by atoms with Crippen molar-refractivity contribution in [2.75, 3.05) is 22.5 Å². The number of ether oxygens (including phenoxy) is 2. The summed E-state index contributed by atoms with van der Waals surface area (Å²) in [5.74, 6) is -0.303. The van der Waals surface area contributed by atoms with Gasteiger partial charge in [0.25, 0.3) is 5.91 Å². The number of nitrogens with zero attached hydrogens (tertiary/aromatic N) is 1. The van der Waals surface area contributed by atoms with Gasteiger partial charge in [-0.05, 0) is 48.4 Å². The van der Waals surface area contributed by atoms with Gasteiger partial charge in [-0.15, -0.1) is 8.78 Å². The number of para-hydroxylation sites is 1. The van der Waals surface area contributed by atoms with Crippen LogP contribution in [-0.2, 0) is 6.54 Å². The van der Waals surface area contributed by atoms with Gasteiger partial charge in [-0.1, -0.05) is 25.5 Å². The molecule has 0 unspecified atom stereocenters. The molecule has 0 atom stereocenters. The van der Waals surface area contributed by atoms with Gasteiger partial charge in [0.15, 0.2) is 11.5 Å². The number of aromatic nitrogens is 1. The van der Waals surface area contributed by atoms with E-state index in [1.165, 1.54) is 18.2 Å². The van der Waals surface area contributed by atoms with Crippen molar-refractivity contribution in [3.05, 3.63) is 71.9 Å². The topological polar surface area (TPSA) is 114 Å². The van der Waals surface area contributed by atoms with Crippen molar-refractivity contribution in [1.29, 1.82) is 0 Å². The zero-order chi connectivity index (χ0) is 25.5. The van der Waals surface area contributed by atoms with Crippen LogP contribution in [0.2, 0.25) is 0 Å². The first-order valence-corrected chi connectivity index (χ1v) is 11.4. The predicted molar refractivity (Wildman–Crippen MR) is 131 cm³/mol. The van der Waals surface area contributed by atoms with Gasteiger partial charge in [0.2, 0.25) is 0 Å². The molecule has 0 fully saturated rings. The average molecular weight is 498 g/mol. The molecular weight excluding hydrogens is 472 g/mol. The van der Waals surface area contributed by atoms with Crippen LogP contribution in [0.15, 0.2) is 60.8 Å². The van der Waals surface area contributed by atoms with Crippen molar-refractivity contribution >= 4 is 29.1 Å². The summed E-state index contributed by atoms with van der Waals surface area (Å²) < 4.78 is 35.3. The number of anilines is 3. The number of hydrogen-bond donors (Lipinski definition) is 4. The van der Waals surface area contributed by atoms with Crippen LogP contribution in [0.5, 0.6) is 11.5 Å². The number of halogens is 2. The molecule has 0 bridgehead atoms. The SMILES string of the molecule is CCCCNC(=O)Nc1cc(CNc2ccccc2C(=O)Nc2ccc3c(c2)OC(F)(F)O3)ccn1. The molecule has 0 radical (unpaired) electrons. The normalized spacial score (nSPS) is 13.1. The van der Waals surface area contributed by atoms with Crippen molar-refractivity contribution in [3.8, 4) is 11.5 Å². The van der Waals surface area contributed by atoms with E-state index < -0.39 is 12.2 Å². The molecule has 4 N–H and O–H groups in total. The molecule has 0 spiro atoms. The first-order valence-electron chi connectivity index (χ1n) is 11.4. The fourth-order valence-electron chi connectivity index (χ4n) is 3.45. The highest BCUT2D eigenvalue weighted by Crippen LogP contribution is 2.42. The van der Waals surface area contributed by atoms with Gasteiger partial charge in [0.05, 0.1) is 5.56 Å². The highest BCUT2D eigenvalue weighted by atomic mass is 19.3. The summed E-state index contributed by atoms with van der Waals surface area (Å²) in [5, 5.41) is 11.4. The van der Waals surface area contributed by atoms with Gasteiger partial charge in [-0.3, -0.25) is 10.1 Å². The average Bonchev–Trinajstić information content (AvgIpc) is 3.16. The highest BCUT2D eigenvalue weighted by molar-refractivity contribution is 6.08. The molecule has 3 aromatic rings. The number of hydrogen-bond acceptors (Lipinski definition) is 6. The fraction of sp³-hybridized carbons (Fsp3) is 0.240. The summed E-state index contributed by atoms with van der Waals surface area (Å²) in [6, 6.07) is 14.1. The second-order valence-corrected chi connectivity index (χ2v) is 7.97. The Balaban J connectivity index is 1.38. The van der Waals surface area contributed by atoms with E-state index in [0.717, 1.165) is 18.4 Å². The van der Waals surface area contributed by atoms with E-state index in [2.05, 4.69) is 35.7 Å². The minimum atomic E-state index is -3.73. The van der Waals surface area contributed by atoms with Crippen LogP contribution < -0.4 is 30.7 Å². The van der Waals surface area contributed by atoms with Gasteiger partial charge in [0, 0.05) is 36.7 Å². The lowest BCUT2D eigenvalue weighted by atomic mass is 10.1. The molecule has 2 aromatic carbocycles. The Morgan fingerprint density at radius 2 is 1.81 bits per heavy atom. The molecule has 9 nitrogen and oxygen atoms in total. The highest BCUT2D eigenvalue weighted by Gasteiger charge is 2.43. The number of pyridine rings is 1. The fourth-order valence-corrected chi connectivity index (χ4v) is 3.45. The molecule has 11 heteroatoms. The van der Waals surface area contributed by atoms with Crippen molar-refractivity contribution in [2.24, 2.45) is 0 Å². The Hall–Kier alpha value is -4.41. The van der Waals surface area contributed by atoms with Crippen molar-refractivity contribution < 1.29 is 27.8 Å². The summed E-state index contributed by atoms with van der Waals surface area (Å²) in [4.78, 5) is 29.0. The quantitative estimate of drug-likeness (QED) is 0.303. The molecule has 0 aliphatic carbocycles. The molecule has 3 amide bonds. The zero-order valence-electron chi connectivity index (χ0n) is 19.4. The Labute approximate surface area is 206 Å². The summed E-state index contributed by atoms with van der Waals surface area (Å²) >= 11 is 0. The van der Waals surface area contributed by atoms with Crippen LogP contribution in [0, 0.1) is 0 Å². The lowest BCUT2D eigenvalue weighted by Gasteiger charge is -2.13. The first-order chi connectivity index (χ1) is 17.3. The van der Waals surface area contributed by atoms with Crippen LogP contribution in [0.4, 0.5) is 30.8 Å². The van der Waals surface area contributed by atoms with E-state index in [9.17, 15) is 18.4 Å². The number of alkyl halides is 2. The summed E-state index contributed by atoms with van der Waals surface area (Å²) in [7, 11) is 0. The Kier molecular flexibility index (Phi) is 7.47. The van der Waals surface area contributed by atoms with Gasteiger partial charge < -0.3 is 25.4 Å². The van der Waals surface area contributed by atoms with Crippen LogP contribution >= 0.6 is 0 Å². The van der Waals surface area contributed by atoms with Gasteiger partial charge in [0.1, 0.15) is 5.82 Å². The predicted octanol–water partition coefficient (Wildman–Crippen LogP) is 5.19. The number of carbonyl (C=O) groups is 2. The van der Waals surface area contributed by atoms with Crippen LogP contribution in [-0.4, -0.2) is 29.8 Å². The summed E-state index contributed by atoms with van der Waals surface area (Å²) in [5.41, 5.74) is 2.02. The van der Waals surface area contributed by atoms with Crippen LogP contribution in [0.25, 0.3) is 0 Å². The van der Waals surface area contributed by atoms with E-state index in [4.69, 9.17) is 0 Å². The van der Waals surface area contributed by atoms with Crippen LogP contribution in [0.3, 0.4) is 0 Å². The second-order valence-electron chi connectivity index (χ2n) is 7.97. The number of amides is 3. The zero-order valence-corrected chi connectivity index (χ0v) is 19.4. The Morgan fingerprint density at radius 3 is 2.64 bits per heavy atom. The third kappa shape index (κ3) is 6.38. The second kappa shape index (κ2) is 10.9. The smallest absolute Gasteiger partial charge is 0.395 e. The first kappa shape index (κ1) is 24.7. The van der Waals surface area contributed by atoms with Gasteiger partial charge in [-0.2, -0.15) is 0 Å². The molecule has 188 valence electrons. The van der Waals surface area contributed by atoms with E-state index in [-0.39, 0.29) is 23.2 Å². The number of nitrogens with one attached hydrogen (secondary N) is 4. The maximum absolute atomic E-state index is 13.3. The molecule has 0 saturated heterocycles. The maximum Gasteiger partial charge on any atom is 0.586 e.